The van der Waals surface area contributed by atoms with Crippen molar-refractivity contribution >= 4 is 28.6 Å². The molecule has 6 nitrogen and oxygen atoms in total. The van der Waals surface area contributed by atoms with Gasteiger partial charge >= 0.3 is 5.97 Å². The first-order chi connectivity index (χ1) is 9.78. The van der Waals surface area contributed by atoms with E-state index in [1.165, 1.54) is 0 Å². The number of rotatable bonds is 5. The molecule has 21 heavy (non-hydrogen) atoms. The molecule has 6 heteroatoms. The summed E-state index contributed by atoms with van der Waals surface area (Å²) in [5.41, 5.74) is 5.69. The highest BCUT2D eigenvalue weighted by atomic mass is 16.4. The molecule has 1 aromatic carbocycles. The SMILES string of the molecule is CC(C)(CC(=O)O)Nc1cc(C(N)=O)c2ccccc2n1. The predicted molar refractivity (Wildman–Crippen MR) is 80.2 cm³/mol. The summed E-state index contributed by atoms with van der Waals surface area (Å²) in [6.07, 6.45) is -0.0760. The topological polar surface area (TPSA) is 105 Å². The second-order valence-corrected chi connectivity index (χ2v) is 5.52. The van der Waals surface area contributed by atoms with Crippen molar-refractivity contribution in [3.05, 3.63) is 35.9 Å². The number of para-hydroxylation sites is 1. The molecule has 0 spiro atoms. The van der Waals surface area contributed by atoms with E-state index in [1.807, 2.05) is 6.07 Å². The van der Waals surface area contributed by atoms with Gasteiger partial charge in [-0.05, 0) is 26.0 Å². The number of carboxylic acids is 1. The zero-order chi connectivity index (χ0) is 15.6. The second-order valence-electron chi connectivity index (χ2n) is 5.52. The Morgan fingerprint density at radius 3 is 2.62 bits per heavy atom. The quantitative estimate of drug-likeness (QED) is 0.780. The van der Waals surface area contributed by atoms with Crippen LogP contribution >= 0.6 is 0 Å². The molecule has 110 valence electrons. The lowest BCUT2D eigenvalue weighted by Crippen LogP contribution is -2.34. The number of aromatic nitrogens is 1. The molecule has 0 saturated carbocycles. The summed E-state index contributed by atoms with van der Waals surface area (Å²) >= 11 is 0. The van der Waals surface area contributed by atoms with Crippen LogP contribution in [0.1, 0.15) is 30.6 Å². The van der Waals surface area contributed by atoms with Gasteiger partial charge in [-0.2, -0.15) is 0 Å². The van der Waals surface area contributed by atoms with E-state index in [4.69, 9.17) is 10.8 Å². The Morgan fingerprint density at radius 1 is 1.33 bits per heavy atom. The smallest absolute Gasteiger partial charge is 0.305 e. The van der Waals surface area contributed by atoms with Gasteiger partial charge in [-0.3, -0.25) is 9.59 Å². The summed E-state index contributed by atoms with van der Waals surface area (Å²) in [5.74, 6) is -1.04. The number of pyridine rings is 1. The third kappa shape index (κ3) is 3.47. The fraction of sp³-hybridized carbons (Fsp3) is 0.267. The zero-order valence-corrected chi connectivity index (χ0v) is 11.9. The average Bonchev–Trinajstić information content (AvgIpc) is 2.35. The van der Waals surface area contributed by atoms with Crippen LogP contribution in [-0.2, 0) is 4.79 Å². The van der Waals surface area contributed by atoms with Gasteiger partial charge in [-0.15, -0.1) is 0 Å². The molecule has 4 N–H and O–H groups in total. The molecule has 0 bridgehead atoms. The summed E-state index contributed by atoms with van der Waals surface area (Å²) in [5, 5.41) is 12.6. The minimum atomic E-state index is -0.914. The molecule has 0 aliphatic rings. The molecule has 0 aliphatic heterocycles. The first-order valence-electron chi connectivity index (χ1n) is 6.48. The number of hydrogen-bond acceptors (Lipinski definition) is 4. The molecule has 2 rings (SSSR count). The number of carboxylic acid groups (broad SMARTS) is 1. The van der Waals surface area contributed by atoms with Crippen molar-refractivity contribution < 1.29 is 14.7 Å². The first-order valence-corrected chi connectivity index (χ1v) is 6.48. The molecule has 0 unspecified atom stereocenters. The van der Waals surface area contributed by atoms with Gasteiger partial charge in [0.15, 0.2) is 0 Å². The Labute approximate surface area is 122 Å². The van der Waals surface area contributed by atoms with Gasteiger partial charge in [0.1, 0.15) is 5.82 Å². The monoisotopic (exact) mass is 287 g/mol. The molecule has 0 aliphatic carbocycles. The van der Waals surface area contributed by atoms with Crippen LogP contribution in [0.25, 0.3) is 10.9 Å². The Kier molecular flexibility index (Phi) is 3.80. The Bertz CT molecular complexity index is 710. The van der Waals surface area contributed by atoms with Gasteiger partial charge in [-0.25, -0.2) is 4.98 Å². The zero-order valence-electron chi connectivity index (χ0n) is 11.9. The fourth-order valence-electron chi connectivity index (χ4n) is 2.21. The average molecular weight is 287 g/mol. The lowest BCUT2D eigenvalue weighted by Gasteiger charge is -2.25. The standard InChI is InChI=1S/C15H17N3O3/c1-15(2,8-13(19)20)18-12-7-10(14(16)21)9-5-3-4-6-11(9)17-12/h3-7H,8H2,1-2H3,(H2,16,21)(H,17,18)(H,19,20). The number of anilines is 1. The van der Waals surface area contributed by atoms with Crippen LogP contribution in [0.4, 0.5) is 5.82 Å². The first kappa shape index (κ1) is 14.8. The van der Waals surface area contributed by atoms with Crippen LogP contribution < -0.4 is 11.1 Å². The van der Waals surface area contributed by atoms with Gasteiger partial charge in [0.25, 0.3) is 0 Å². The van der Waals surface area contributed by atoms with E-state index in [2.05, 4.69) is 10.3 Å². The van der Waals surface area contributed by atoms with E-state index < -0.39 is 17.4 Å². The number of primary amides is 1. The molecule has 0 radical (unpaired) electrons. The van der Waals surface area contributed by atoms with Crippen LogP contribution in [0.2, 0.25) is 0 Å². The maximum atomic E-state index is 11.6. The van der Waals surface area contributed by atoms with Crippen molar-refractivity contribution in [3.63, 3.8) is 0 Å². The highest BCUT2D eigenvalue weighted by Crippen LogP contribution is 2.23. The van der Waals surface area contributed by atoms with Crippen molar-refractivity contribution in [1.29, 1.82) is 0 Å². The number of nitrogens with zero attached hydrogens (tertiary/aromatic N) is 1. The Balaban J connectivity index is 2.46. The largest absolute Gasteiger partial charge is 0.481 e. The van der Waals surface area contributed by atoms with Gasteiger partial charge in [0.05, 0.1) is 17.5 Å². The molecular weight excluding hydrogens is 270 g/mol. The van der Waals surface area contributed by atoms with E-state index in [-0.39, 0.29) is 6.42 Å². The van der Waals surface area contributed by atoms with E-state index in [1.54, 1.807) is 38.1 Å². The Hall–Kier alpha value is -2.63. The second kappa shape index (κ2) is 5.40. The number of carbonyl (C=O) groups excluding carboxylic acids is 1. The van der Waals surface area contributed by atoms with Crippen molar-refractivity contribution in [3.8, 4) is 0 Å². The number of amides is 1. The van der Waals surface area contributed by atoms with E-state index in [9.17, 15) is 9.59 Å². The van der Waals surface area contributed by atoms with Crippen LogP contribution in [0.3, 0.4) is 0 Å². The van der Waals surface area contributed by atoms with Gasteiger partial charge in [-0.1, -0.05) is 18.2 Å². The minimum Gasteiger partial charge on any atom is -0.481 e. The lowest BCUT2D eigenvalue weighted by molar-refractivity contribution is -0.137. The van der Waals surface area contributed by atoms with Crippen LogP contribution in [0, 0.1) is 0 Å². The van der Waals surface area contributed by atoms with Gasteiger partial charge in [0.2, 0.25) is 5.91 Å². The summed E-state index contributed by atoms with van der Waals surface area (Å²) in [6, 6.07) is 8.71. The third-order valence-electron chi connectivity index (χ3n) is 3.04. The van der Waals surface area contributed by atoms with Crippen molar-refractivity contribution in [2.24, 2.45) is 5.73 Å². The third-order valence-corrected chi connectivity index (χ3v) is 3.04. The van der Waals surface area contributed by atoms with Crippen molar-refractivity contribution in [2.45, 2.75) is 25.8 Å². The van der Waals surface area contributed by atoms with E-state index in [0.717, 1.165) is 0 Å². The van der Waals surface area contributed by atoms with Crippen LogP contribution in [0.5, 0.6) is 0 Å². The molecule has 2 aromatic rings. The molecule has 1 heterocycles. The number of nitrogens with two attached hydrogens (primary N) is 1. The normalized spacial score (nSPS) is 11.3. The summed E-state index contributed by atoms with van der Waals surface area (Å²) in [4.78, 5) is 26.8. The van der Waals surface area contributed by atoms with Crippen molar-refractivity contribution in [1.82, 2.24) is 4.98 Å². The summed E-state index contributed by atoms with van der Waals surface area (Å²) < 4.78 is 0. The molecule has 1 aromatic heterocycles. The van der Waals surface area contributed by atoms with Crippen LogP contribution in [-0.4, -0.2) is 27.5 Å². The molecular formula is C15H17N3O3. The Morgan fingerprint density at radius 2 is 2.00 bits per heavy atom. The maximum Gasteiger partial charge on any atom is 0.305 e. The molecule has 1 amide bonds. The number of fused-ring (bicyclic) bond motifs is 1. The van der Waals surface area contributed by atoms with Gasteiger partial charge in [0, 0.05) is 10.9 Å². The van der Waals surface area contributed by atoms with Gasteiger partial charge < -0.3 is 16.2 Å². The molecule has 0 fully saturated rings. The van der Waals surface area contributed by atoms with E-state index in [0.29, 0.717) is 22.3 Å². The minimum absolute atomic E-state index is 0.0760. The lowest BCUT2D eigenvalue weighted by atomic mass is 10.0. The number of benzene rings is 1. The molecule has 0 saturated heterocycles. The van der Waals surface area contributed by atoms with Crippen molar-refractivity contribution in [2.75, 3.05) is 5.32 Å². The number of carbonyl (C=O) groups is 2. The highest BCUT2D eigenvalue weighted by Gasteiger charge is 2.22. The van der Waals surface area contributed by atoms with E-state index >= 15 is 0 Å². The van der Waals surface area contributed by atoms with Crippen LogP contribution in [0.15, 0.2) is 30.3 Å². The summed E-state index contributed by atoms with van der Waals surface area (Å²) in [6.45, 7) is 3.50. The fourth-order valence-corrected chi connectivity index (χ4v) is 2.21. The molecule has 0 atom stereocenters. The number of nitrogens with one attached hydrogen (secondary N) is 1. The predicted octanol–water partition coefficient (Wildman–Crippen LogP) is 2.00. The maximum absolute atomic E-state index is 11.6. The number of aliphatic carboxylic acids is 1. The highest BCUT2D eigenvalue weighted by molar-refractivity contribution is 6.06. The summed E-state index contributed by atoms with van der Waals surface area (Å²) in [7, 11) is 0. The number of hydrogen-bond donors (Lipinski definition) is 3.